The standard InChI is InChI=1S/C26H36F3NO6/c1-25(2,3)36-24(32)30-14-17(12-19(30)15-33-4)21-11-8-18(26(27,28)29)13-22(21)35-20-9-6-16(7-10-20)23(31)34-5/h8,11,13,16-17,19-20H,6-7,9-10,12,14-15H2,1-5H3/t16?,17-,19+,20?/m1/s1. The van der Waals surface area contributed by atoms with Crippen LogP contribution in [0, 0.1) is 5.92 Å². The first kappa shape index (κ1) is 28.1. The van der Waals surface area contributed by atoms with Crippen molar-refractivity contribution >= 4 is 12.1 Å². The molecular weight excluding hydrogens is 479 g/mol. The molecule has 1 aromatic rings. The smallest absolute Gasteiger partial charge is 0.416 e. The van der Waals surface area contributed by atoms with E-state index in [1.54, 1.807) is 25.7 Å². The molecule has 1 heterocycles. The molecule has 2 aliphatic rings. The summed E-state index contributed by atoms with van der Waals surface area (Å²) >= 11 is 0. The molecule has 7 nitrogen and oxygen atoms in total. The van der Waals surface area contributed by atoms with E-state index in [0.717, 1.165) is 12.1 Å². The van der Waals surface area contributed by atoms with Crippen molar-refractivity contribution in [2.24, 2.45) is 5.92 Å². The molecule has 36 heavy (non-hydrogen) atoms. The highest BCUT2D eigenvalue weighted by Crippen LogP contribution is 2.42. The highest BCUT2D eigenvalue weighted by Gasteiger charge is 2.40. The predicted octanol–water partition coefficient (Wildman–Crippen LogP) is 5.56. The van der Waals surface area contributed by atoms with Crippen LogP contribution in [0.1, 0.15) is 69.9 Å². The van der Waals surface area contributed by atoms with Crippen molar-refractivity contribution in [2.45, 2.75) is 82.7 Å². The Bertz CT molecular complexity index is 921. The molecule has 1 amide bonds. The SMILES string of the molecule is COC[C@@H]1C[C@@H](c2ccc(C(F)(F)F)cc2OC2CCC(C(=O)OC)CC2)CN1C(=O)OC(C)(C)C. The zero-order valence-electron chi connectivity index (χ0n) is 21.5. The molecule has 0 unspecified atom stereocenters. The molecule has 3 rings (SSSR count). The number of likely N-dealkylation sites (tertiary alicyclic amines) is 1. The summed E-state index contributed by atoms with van der Waals surface area (Å²) in [6, 6.07) is 3.27. The van der Waals surface area contributed by atoms with Gasteiger partial charge in [0, 0.05) is 19.6 Å². The molecule has 202 valence electrons. The number of ether oxygens (including phenoxy) is 4. The van der Waals surface area contributed by atoms with E-state index >= 15 is 0 Å². The summed E-state index contributed by atoms with van der Waals surface area (Å²) in [5.41, 5.74) is -0.858. The molecule has 2 fully saturated rings. The maximum Gasteiger partial charge on any atom is 0.416 e. The molecular formula is C26H36F3NO6. The highest BCUT2D eigenvalue weighted by molar-refractivity contribution is 5.72. The van der Waals surface area contributed by atoms with E-state index in [1.807, 2.05) is 0 Å². The summed E-state index contributed by atoms with van der Waals surface area (Å²) < 4.78 is 62.4. The van der Waals surface area contributed by atoms with E-state index in [4.69, 9.17) is 18.9 Å². The van der Waals surface area contributed by atoms with Gasteiger partial charge in [-0.2, -0.15) is 13.2 Å². The van der Waals surface area contributed by atoms with Gasteiger partial charge in [-0.05, 0) is 70.6 Å². The number of methoxy groups -OCH3 is 2. The van der Waals surface area contributed by atoms with E-state index in [9.17, 15) is 22.8 Å². The van der Waals surface area contributed by atoms with Crippen molar-refractivity contribution in [1.29, 1.82) is 0 Å². The van der Waals surface area contributed by atoms with Gasteiger partial charge in [0.1, 0.15) is 11.4 Å². The molecule has 0 aromatic heterocycles. The first-order valence-corrected chi connectivity index (χ1v) is 12.3. The number of alkyl halides is 3. The molecule has 1 aliphatic carbocycles. The molecule has 1 aliphatic heterocycles. The van der Waals surface area contributed by atoms with Crippen LogP contribution in [-0.4, -0.2) is 62.1 Å². The fraction of sp³-hybridized carbons (Fsp3) is 0.692. The number of carbonyl (C=O) groups is 2. The Morgan fingerprint density at radius 2 is 1.72 bits per heavy atom. The van der Waals surface area contributed by atoms with Crippen LogP contribution >= 0.6 is 0 Å². The zero-order valence-corrected chi connectivity index (χ0v) is 21.5. The van der Waals surface area contributed by atoms with E-state index in [-0.39, 0.29) is 48.9 Å². The van der Waals surface area contributed by atoms with Gasteiger partial charge in [-0.3, -0.25) is 4.79 Å². The van der Waals surface area contributed by atoms with Gasteiger partial charge in [-0.1, -0.05) is 6.07 Å². The quantitative estimate of drug-likeness (QED) is 0.462. The predicted molar refractivity (Wildman–Crippen MR) is 126 cm³/mol. The molecule has 1 saturated heterocycles. The number of esters is 1. The number of amides is 1. The van der Waals surface area contributed by atoms with Crippen LogP contribution < -0.4 is 4.74 Å². The topological polar surface area (TPSA) is 74.3 Å². The van der Waals surface area contributed by atoms with Crippen LogP contribution in [0.5, 0.6) is 5.75 Å². The minimum absolute atomic E-state index is 0.165. The Balaban J connectivity index is 1.84. The molecule has 1 saturated carbocycles. The third-order valence-electron chi connectivity index (χ3n) is 6.68. The van der Waals surface area contributed by atoms with Gasteiger partial charge < -0.3 is 23.8 Å². The van der Waals surface area contributed by atoms with Crippen LogP contribution in [0.2, 0.25) is 0 Å². The monoisotopic (exact) mass is 515 g/mol. The van der Waals surface area contributed by atoms with Crippen molar-refractivity contribution in [3.8, 4) is 5.75 Å². The number of rotatable bonds is 6. The molecule has 0 spiro atoms. The molecule has 1 aromatic carbocycles. The van der Waals surface area contributed by atoms with Gasteiger partial charge in [0.25, 0.3) is 0 Å². The number of halogens is 3. The number of nitrogens with zero attached hydrogens (tertiary/aromatic N) is 1. The van der Waals surface area contributed by atoms with Crippen LogP contribution in [0.25, 0.3) is 0 Å². The Morgan fingerprint density at radius 1 is 1.06 bits per heavy atom. The third kappa shape index (κ3) is 7.05. The normalized spacial score (nSPS) is 24.9. The second kappa shape index (κ2) is 11.3. The fourth-order valence-corrected chi connectivity index (χ4v) is 4.95. The minimum Gasteiger partial charge on any atom is -0.490 e. The van der Waals surface area contributed by atoms with Crippen molar-refractivity contribution in [1.82, 2.24) is 4.90 Å². The lowest BCUT2D eigenvalue weighted by molar-refractivity contribution is -0.147. The molecule has 0 bridgehead atoms. The van der Waals surface area contributed by atoms with Gasteiger partial charge in [0.05, 0.1) is 37.3 Å². The largest absolute Gasteiger partial charge is 0.490 e. The molecule has 0 N–H and O–H groups in total. The second-order valence-corrected chi connectivity index (χ2v) is 10.5. The van der Waals surface area contributed by atoms with Gasteiger partial charge in [-0.25, -0.2) is 4.79 Å². The lowest BCUT2D eigenvalue weighted by Gasteiger charge is -2.29. The summed E-state index contributed by atoms with van der Waals surface area (Å²) in [5, 5.41) is 0. The summed E-state index contributed by atoms with van der Waals surface area (Å²) in [5.74, 6) is -0.576. The number of hydrogen-bond donors (Lipinski definition) is 0. The lowest BCUT2D eigenvalue weighted by Crippen LogP contribution is -2.41. The molecule has 10 heteroatoms. The first-order valence-electron chi connectivity index (χ1n) is 12.3. The summed E-state index contributed by atoms with van der Waals surface area (Å²) in [6.07, 6.45) is -2.63. The molecule has 2 atom stereocenters. The average molecular weight is 516 g/mol. The summed E-state index contributed by atoms with van der Waals surface area (Å²) in [7, 11) is 2.89. The lowest BCUT2D eigenvalue weighted by atomic mass is 9.87. The maximum atomic E-state index is 13.5. The summed E-state index contributed by atoms with van der Waals surface area (Å²) in [4.78, 5) is 26.3. The third-order valence-corrected chi connectivity index (χ3v) is 6.68. The van der Waals surface area contributed by atoms with Crippen LogP contribution in [-0.2, 0) is 25.2 Å². The number of carbonyl (C=O) groups excluding carboxylic acids is 2. The molecule has 0 radical (unpaired) electrons. The Morgan fingerprint density at radius 3 is 2.28 bits per heavy atom. The Hall–Kier alpha value is -2.49. The second-order valence-electron chi connectivity index (χ2n) is 10.5. The van der Waals surface area contributed by atoms with Gasteiger partial charge in [-0.15, -0.1) is 0 Å². The Labute approximate surface area is 210 Å². The zero-order chi connectivity index (χ0) is 26.7. The number of hydrogen-bond acceptors (Lipinski definition) is 6. The maximum absolute atomic E-state index is 13.5. The van der Waals surface area contributed by atoms with E-state index in [1.165, 1.54) is 20.3 Å². The van der Waals surface area contributed by atoms with E-state index < -0.39 is 23.4 Å². The van der Waals surface area contributed by atoms with Crippen molar-refractivity contribution < 1.29 is 41.7 Å². The van der Waals surface area contributed by atoms with Crippen LogP contribution in [0.4, 0.5) is 18.0 Å². The van der Waals surface area contributed by atoms with Crippen molar-refractivity contribution in [3.05, 3.63) is 29.3 Å². The van der Waals surface area contributed by atoms with E-state index in [0.29, 0.717) is 37.7 Å². The average Bonchev–Trinajstić information content (AvgIpc) is 3.21. The first-order chi connectivity index (χ1) is 16.8. The van der Waals surface area contributed by atoms with Crippen LogP contribution in [0.3, 0.4) is 0 Å². The van der Waals surface area contributed by atoms with Crippen molar-refractivity contribution in [3.63, 3.8) is 0 Å². The fourth-order valence-electron chi connectivity index (χ4n) is 4.95. The minimum atomic E-state index is -4.52. The van der Waals surface area contributed by atoms with Gasteiger partial charge >= 0.3 is 18.2 Å². The van der Waals surface area contributed by atoms with Crippen molar-refractivity contribution in [2.75, 3.05) is 27.4 Å². The summed E-state index contributed by atoms with van der Waals surface area (Å²) in [6.45, 7) is 5.89. The van der Waals surface area contributed by atoms with E-state index in [2.05, 4.69) is 0 Å². The van der Waals surface area contributed by atoms with Gasteiger partial charge in [0.15, 0.2) is 0 Å². The Kier molecular flexibility index (Phi) is 8.80. The van der Waals surface area contributed by atoms with Crippen LogP contribution in [0.15, 0.2) is 18.2 Å². The number of benzene rings is 1. The van der Waals surface area contributed by atoms with Gasteiger partial charge in [0.2, 0.25) is 0 Å². The highest BCUT2D eigenvalue weighted by atomic mass is 19.4.